The van der Waals surface area contributed by atoms with E-state index >= 15 is 0 Å². The standard InChI is InChI=1S/C11H12BrNO3/c1-14-11(15-2)7-16-10-4-3-9(12)5-8(10)6-13/h3-5,11H,7H2,1-2H3. The molecule has 0 radical (unpaired) electrons. The lowest BCUT2D eigenvalue weighted by molar-refractivity contribution is -0.122. The normalized spacial score (nSPS) is 10.2. The van der Waals surface area contributed by atoms with Gasteiger partial charge in [0.15, 0.2) is 6.29 Å². The zero-order valence-electron chi connectivity index (χ0n) is 9.07. The fourth-order valence-corrected chi connectivity index (χ4v) is 1.47. The molecule has 0 unspecified atom stereocenters. The van der Waals surface area contributed by atoms with Crippen molar-refractivity contribution < 1.29 is 14.2 Å². The van der Waals surface area contributed by atoms with Crippen LogP contribution in [0.25, 0.3) is 0 Å². The van der Waals surface area contributed by atoms with Crippen LogP contribution in [0, 0.1) is 11.3 Å². The van der Waals surface area contributed by atoms with Gasteiger partial charge in [-0.2, -0.15) is 5.26 Å². The third-order valence-corrected chi connectivity index (χ3v) is 2.46. The first-order valence-electron chi connectivity index (χ1n) is 4.59. The third-order valence-electron chi connectivity index (χ3n) is 1.96. The van der Waals surface area contributed by atoms with Gasteiger partial charge in [0.1, 0.15) is 18.4 Å². The minimum atomic E-state index is -0.435. The van der Waals surface area contributed by atoms with Gasteiger partial charge < -0.3 is 14.2 Å². The van der Waals surface area contributed by atoms with Gasteiger partial charge >= 0.3 is 0 Å². The second kappa shape index (κ2) is 6.48. The quantitative estimate of drug-likeness (QED) is 0.779. The Morgan fingerprint density at radius 3 is 2.62 bits per heavy atom. The van der Waals surface area contributed by atoms with E-state index in [2.05, 4.69) is 22.0 Å². The Bertz CT molecular complexity index is 385. The first-order chi connectivity index (χ1) is 7.71. The fourth-order valence-electron chi connectivity index (χ4n) is 1.11. The molecule has 0 saturated carbocycles. The van der Waals surface area contributed by atoms with E-state index in [1.54, 1.807) is 12.1 Å². The number of hydrogen-bond acceptors (Lipinski definition) is 4. The molecule has 0 heterocycles. The number of benzene rings is 1. The van der Waals surface area contributed by atoms with Crippen LogP contribution >= 0.6 is 15.9 Å². The second-order valence-corrected chi connectivity index (χ2v) is 3.88. The van der Waals surface area contributed by atoms with E-state index in [0.717, 1.165) is 4.47 Å². The van der Waals surface area contributed by atoms with Crippen molar-refractivity contribution in [2.24, 2.45) is 0 Å². The molecule has 1 rings (SSSR count). The zero-order chi connectivity index (χ0) is 12.0. The van der Waals surface area contributed by atoms with Crippen molar-refractivity contribution in [2.75, 3.05) is 20.8 Å². The molecule has 0 fully saturated rings. The Labute approximate surface area is 103 Å². The van der Waals surface area contributed by atoms with Crippen molar-refractivity contribution in [2.45, 2.75) is 6.29 Å². The van der Waals surface area contributed by atoms with Crippen LogP contribution in [-0.2, 0) is 9.47 Å². The highest BCUT2D eigenvalue weighted by atomic mass is 79.9. The van der Waals surface area contributed by atoms with Crippen LogP contribution in [0.2, 0.25) is 0 Å². The molecule has 86 valence electrons. The smallest absolute Gasteiger partial charge is 0.191 e. The molecule has 0 aliphatic rings. The Balaban J connectivity index is 2.70. The van der Waals surface area contributed by atoms with Crippen LogP contribution in [0.3, 0.4) is 0 Å². The maximum absolute atomic E-state index is 8.91. The van der Waals surface area contributed by atoms with Crippen molar-refractivity contribution in [1.82, 2.24) is 0 Å². The van der Waals surface area contributed by atoms with Crippen molar-refractivity contribution in [1.29, 1.82) is 5.26 Å². The summed E-state index contributed by atoms with van der Waals surface area (Å²) >= 11 is 3.29. The van der Waals surface area contributed by atoms with Gasteiger partial charge in [0.25, 0.3) is 0 Å². The summed E-state index contributed by atoms with van der Waals surface area (Å²) in [5.74, 6) is 0.518. The highest BCUT2D eigenvalue weighted by Crippen LogP contribution is 2.22. The molecule has 5 heteroatoms. The molecule has 0 aromatic heterocycles. The van der Waals surface area contributed by atoms with Crippen molar-refractivity contribution >= 4 is 15.9 Å². The van der Waals surface area contributed by atoms with Crippen LogP contribution < -0.4 is 4.74 Å². The summed E-state index contributed by atoms with van der Waals surface area (Å²) in [6.07, 6.45) is -0.435. The predicted octanol–water partition coefficient (Wildman–Crippen LogP) is 2.32. The Morgan fingerprint density at radius 2 is 2.06 bits per heavy atom. The molecule has 1 aromatic carbocycles. The minimum absolute atomic E-state index is 0.239. The average Bonchev–Trinajstić information content (AvgIpc) is 2.31. The van der Waals surface area contributed by atoms with E-state index < -0.39 is 6.29 Å². The summed E-state index contributed by atoms with van der Waals surface area (Å²) in [5.41, 5.74) is 0.473. The molecule has 0 amide bonds. The van der Waals surface area contributed by atoms with E-state index in [0.29, 0.717) is 11.3 Å². The molecule has 0 aliphatic heterocycles. The molecule has 16 heavy (non-hydrogen) atoms. The summed E-state index contributed by atoms with van der Waals surface area (Å²) in [5, 5.41) is 8.91. The first-order valence-corrected chi connectivity index (χ1v) is 5.38. The molecular weight excluding hydrogens is 274 g/mol. The first kappa shape index (κ1) is 13.0. The number of hydrogen-bond donors (Lipinski definition) is 0. The molecule has 0 spiro atoms. The van der Waals surface area contributed by atoms with Crippen LogP contribution in [0.4, 0.5) is 0 Å². The van der Waals surface area contributed by atoms with Crippen molar-refractivity contribution in [3.8, 4) is 11.8 Å². The van der Waals surface area contributed by atoms with Crippen LogP contribution in [0.5, 0.6) is 5.75 Å². The monoisotopic (exact) mass is 285 g/mol. The molecule has 4 nitrogen and oxygen atoms in total. The molecule has 0 N–H and O–H groups in total. The second-order valence-electron chi connectivity index (χ2n) is 2.96. The van der Waals surface area contributed by atoms with Gasteiger partial charge in [0.2, 0.25) is 0 Å². The van der Waals surface area contributed by atoms with Gasteiger partial charge in [-0.25, -0.2) is 0 Å². The lowest BCUT2D eigenvalue weighted by atomic mass is 10.2. The summed E-state index contributed by atoms with van der Waals surface area (Å²) in [7, 11) is 3.06. The van der Waals surface area contributed by atoms with E-state index in [1.165, 1.54) is 14.2 Å². The third kappa shape index (κ3) is 3.49. The number of methoxy groups -OCH3 is 2. The predicted molar refractivity (Wildman–Crippen MR) is 62.2 cm³/mol. The summed E-state index contributed by atoms with van der Waals surface area (Å²) < 4.78 is 16.2. The van der Waals surface area contributed by atoms with Gasteiger partial charge in [-0.3, -0.25) is 0 Å². The number of ether oxygens (including phenoxy) is 3. The van der Waals surface area contributed by atoms with Gasteiger partial charge in [0, 0.05) is 18.7 Å². The summed E-state index contributed by atoms with van der Waals surface area (Å²) in [6.45, 7) is 0.239. The number of halogens is 1. The topological polar surface area (TPSA) is 51.5 Å². The Hall–Kier alpha value is -1.09. The molecule has 0 saturated heterocycles. The lowest BCUT2D eigenvalue weighted by Crippen LogP contribution is -2.22. The Kier molecular flexibility index (Phi) is 5.26. The van der Waals surface area contributed by atoms with Gasteiger partial charge in [-0.1, -0.05) is 15.9 Å². The summed E-state index contributed by atoms with van der Waals surface area (Å²) in [4.78, 5) is 0. The fraction of sp³-hybridized carbons (Fsp3) is 0.364. The maximum Gasteiger partial charge on any atom is 0.191 e. The molecular formula is C11H12BrNO3. The highest BCUT2D eigenvalue weighted by molar-refractivity contribution is 9.10. The van der Waals surface area contributed by atoms with Crippen molar-refractivity contribution in [3.05, 3.63) is 28.2 Å². The number of rotatable bonds is 5. The number of nitrogens with zero attached hydrogens (tertiary/aromatic N) is 1. The Morgan fingerprint density at radius 1 is 1.38 bits per heavy atom. The minimum Gasteiger partial charge on any atom is -0.487 e. The van der Waals surface area contributed by atoms with Crippen LogP contribution in [0.15, 0.2) is 22.7 Å². The van der Waals surface area contributed by atoms with Crippen LogP contribution in [0.1, 0.15) is 5.56 Å². The van der Waals surface area contributed by atoms with E-state index in [4.69, 9.17) is 19.5 Å². The van der Waals surface area contributed by atoms with Crippen molar-refractivity contribution in [3.63, 3.8) is 0 Å². The maximum atomic E-state index is 8.91. The highest BCUT2D eigenvalue weighted by Gasteiger charge is 2.09. The van der Waals surface area contributed by atoms with Gasteiger partial charge in [-0.15, -0.1) is 0 Å². The van der Waals surface area contributed by atoms with E-state index in [-0.39, 0.29) is 6.61 Å². The van der Waals surface area contributed by atoms with Gasteiger partial charge in [-0.05, 0) is 18.2 Å². The van der Waals surface area contributed by atoms with Gasteiger partial charge in [0.05, 0.1) is 5.56 Å². The van der Waals surface area contributed by atoms with E-state index in [9.17, 15) is 0 Å². The largest absolute Gasteiger partial charge is 0.487 e. The lowest BCUT2D eigenvalue weighted by Gasteiger charge is -2.14. The SMILES string of the molecule is COC(COc1ccc(Br)cc1C#N)OC. The number of nitriles is 1. The zero-order valence-corrected chi connectivity index (χ0v) is 10.7. The molecule has 1 aromatic rings. The summed E-state index contributed by atoms with van der Waals surface area (Å²) in [6, 6.07) is 7.30. The van der Waals surface area contributed by atoms with Crippen LogP contribution in [-0.4, -0.2) is 27.1 Å². The molecule has 0 bridgehead atoms. The molecule has 0 aliphatic carbocycles. The van der Waals surface area contributed by atoms with E-state index in [1.807, 2.05) is 6.07 Å². The average molecular weight is 286 g/mol. The molecule has 0 atom stereocenters.